The quantitative estimate of drug-likeness (QED) is 0.469. The van der Waals surface area contributed by atoms with Gasteiger partial charge in [-0.3, -0.25) is 0 Å². The molecule has 1 aliphatic rings. The summed E-state index contributed by atoms with van der Waals surface area (Å²) in [6.45, 7) is 2.50. The van der Waals surface area contributed by atoms with Crippen molar-refractivity contribution < 1.29 is 0 Å². The molecule has 1 aliphatic heterocycles. The predicted octanol–water partition coefficient (Wildman–Crippen LogP) is 2.98. The highest BCUT2D eigenvalue weighted by molar-refractivity contribution is 5.92. The van der Waals surface area contributed by atoms with Gasteiger partial charge in [-0.05, 0) is 18.2 Å². The Balaban J connectivity index is 0.000000264. The van der Waals surface area contributed by atoms with Crippen LogP contribution in [-0.4, -0.2) is 18.1 Å². The van der Waals surface area contributed by atoms with E-state index in [4.69, 9.17) is 0 Å². The minimum atomic E-state index is 1.06. The van der Waals surface area contributed by atoms with Crippen molar-refractivity contribution in [2.75, 3.05) is 13.1 Å². The minimum absolute atomic E-state index is 1.06. The maximum atomic E-state index is 4.58. The topological polar surface area (TPSA) is 34.8 Å². The van der Waals surface area contributed by atoms with Gasteiger partial charge in [0.15, 0.2) is 0 Å². The molecule has 0 saturated carbocycles. The summed E-state index contributed by atoms with van der Waals surface area (Å²) in [6.07, 6.45) is 0. The van der Waals surface area contributed by atoms with Gasteiger partial charge in [0.05, 0.1) is 11.0 Å². The molecule has 1 saturated heterocycles. The zero-order valence-corrected chi connectivity index (χ0v) is 9.56. The van der Waals surface area contributed by atoms with Crippen LogP contribution < -0.4 is 5.32 Å². The lowest BCUT2D eigenvalue weighted by Gasteiger charge is -1.99. The number of rotatable bonds is 0. The fourth-order valence-corrected chi connectivity index (χ4v) is 1.72. The number of para-hydroxylation sites is 2. The second-order valence-corrected chi connectivity index (χ2v) is 4.12. The molecule has 3 aromatic rings. The van der Waals surface area contributed by atoms with Crippen molar-refractivity contribution in [1.29, 1.82) is 0 Å². The van der Waals surface area contributed by atoms with Crippen LogP contribution in [0.2, 0.25) is 0 Å². The Hall–Kier alpha value is -1.93. The van der Waals surface area contributed by atoms with Crippen LogP contribution in [0.3, 0.4) is 0 Å². The lowest BCUT2D eigenvalue weighted by Crippen LogP contribution is -1.80. The Kier molecular flexibility index (Phi) is 2.72. The maximum Gasteiger partial charge on any atom is 0.0709 e. The molecular weight excluding hydrogens is 208 g/mol. The molecule has 2 heterocycles. The van der Waals surface area contributed by atoms with Crippen LogP contribution in [0.1, 0.15) is 0 Å². The van der Waals surface area contributed by atoms with E-state index < -0.39 is 0 Å². The smallest absolute Gasteiger partial charge is 0.0709 e. The molecule has 4 rings (SSSR count). The third kappa shape index (κ3) is 2.43. The summed E-state index contributed by atoms with van der Waals surface area (Å²) >= 11 is 0. The largest absolute Gasteiger partial charge is 0.314 e. The van der Waals surface area contributed by atoms with E-state index in [0.717, 1.165) is 11.0 Å². The lowest BCUT2D eigenvalue weighted by molar-refractivity contribution is 1.34. The van der Waals surface area contributed by atoms with E-state index >= 15 is 0 Å². The van der Waals surface area contributed by atoms with Gasteiger partial charge in [0.1, 0.15) is 0 Å². The van der Waals surface area contributed by atoms with Crippen molar-refractivity contribution >= 4 is 21.8 Å². The molecule has 17 heavy (non-hydrogen) atoms. The van der Waals surface area contributed by atoms with Gasteiger partial charge >= 0.3 is 0 Å². The highest BCUT2D eigenvalue weighted by Gasteiger charge is 1.96. The first-order valence-electron chi connectivity index (χ1n) is 5.89. The van der Waals surface area contributed by atoms with E-state index in [1.54, 1.807) is 0 Å². The molecule has 0 unspecified atom stereocenters. The zero-order valence-electron chi connectivity index (χ0n) is 9.56. The fraction of sp³-hybridized carbons (Fsp3) is 0.133. The van der Waals surface area contributed by atoms with E-state index in [9.17, 15) is 0 Å². The maximum absolute atomic E-state index is 4.58. The molecule has 0 spiro atoms. The first-order valence-corrected chi connectivity index (χ1v) is 5.89. The second kappa shape index (κ2) is 4.52. The average molecular weight is 222 g/mol. The van der Waals surface area contributed by atoms with E-state index in [0.29, 0.717) is 0 Å². The van der Waals surface area contributed by atoms with Crippen LogP contribution in [0.5, 0.6) is 0 Å². The Labute approximate surface area is 100 Å². The molecule has 2 heteroatoms. The van der Waals surface area contributed by atoms with Crippen LogP contribution in [0.4, 0.5) is 0 Å². The Morgan fingerprint density at radius 1 is 0.765 bits per heavy atom. The van der Waals surface area contributed by atoms with Gasteiger partial charge < -0.3 is 5.32 Å². The Morgan fingerprint density at radius 3 is 1.71 bits per heavy atom. The standard InChI is InChI=1S/C13H9N.C2H5N/c1-3-7-12-10(5-1)9-11-6-2-4-8-13(11)14-12;1-2-3-1/h1-9H;3H,1-2H2. The number of nitrogens with zero attached hydrogens (tertiary/aromatic N) is 1. The first kappa shape index (κ1) is 10.2. The van der Waals surface area contributed by atoms with Gasteiger partial charge in [0.25, 0.3) is 0 Å². The predicted molar refractivity (Wildman–Crippen MR) is 72.1 cm³/mol. The van der Waals surface area contributed by atoms with Crippen molar-refractivity contribution in [2.45, 2.75) is 0 Å². The summed E-state index contributed by atoms with van der Waals surface area (Å²) < 4.78 is 0. The molecule has 1 fully saturated rings. The first-order chi connectivity index (χ1) is 8.43. The highest BCUT2D eigenvalue weighted by Crippen LogP contribution is 2.18. The summed E-state index contributed by atoms with van der Waals surface area (Å²) in [6, 6.07) is 18.6. The number of nitrogens with one attached hydrogen (secondary N) is 1. The Bertz CT molecular complexity index is 537. The lowest BCUT2D eigenvalue weighted by atomic mass is 10.1. The van der Waals surface area contributed by atoms with Gasteiger partial charge in [-0.15, -0.1) is 0 Å². The highest BCUT2D eigenvalue weighted by atomic mass is 15.0. The van der Waals surface area contributed by atoms with Crippen molar-refractivity contribution in [3.63, 3.8) is 0 Å². The summed E-state index contributed by atoms with van der Waals surface area (Å²) in [5.41, 5.74) is 2.12. The molecule has 0 bridgehead atoms. The van der Waals surface area contributed by atoms with Gasteiger partial charge in [-0.1, -0.05) is 36.4 Å². The van der Waals surface area contributed by atoms with Crippen LogP contribution in [0, 0.1) is 0 Å². The minimum Gasteiger partial charge on any atom is -0.314 e. The number of hydrogen-bond donors (Lipinski definition) is 1. The molecule has 0 radical (unpaired) electrons. The molecule has 2 aromatic carbocycles. The van der Waals surface area contributed by atoms with E-state index in [1.165, 1.54) is 23.9 Å². The van der Waals surface area contributed by atoms with E-state index in [1.807, 2.05) is 36.4 Å². The zero-order chi connectivity index (χ0) is 11.5. The van der Waals surface area contributed by atoms with E-state index in [2.05, 4.69) is 28.5 Å². The summed E-state index contributed by atoms with van der Waals surface area (Å²) in [4.78, 5) is 4.58. The van der Waals surface area contributed by atoms with E-state index in [-0.39, 0.29) is 0 Å². The molecule has 1 N–H and O–H groups in total. The normalized spacial score (nSPS) is 13.2. The molecule has 1 aromatic heterocycles. The monoisotopic (exact) mass is 222 g/mol. The third-order valence-corrected chi connectivity index (χ3v) is 2.68. The number of pyridine rings is 1. The van der Waals surface area contributed by atoms with Gasteiger partial charge in [0.2, 0.25) is 0 Å². The van der Waals surface area contributed by atoms with Crippen molar-refractivity contribution in [3.05, 3.63) is 54.6 Å². The molecule has 0 amide bonds. The van der Waals surface area contributed by atoms with Gasteiger partial charge in [-0.2, -0.15) is 0 Å². The van der Waals surface area contributed by atoms with Crippen LogP contribution in [-0.2, 0) is 0 Å². The molecule has 0 atom stereocenters. The van der Waals surface area contributed by atoms with Crippen LogP contribution in [0.25, 0.3) is 21.8 Å². The molecule has 0 aliphatic carbocycles. The summed E-state index contributed by atoms with van der Waals surface area (Å²) in [5.74, 6) is 0. The van der Waals surface area contributed by atoms with Crippen molar-refractivity contribution in [3.8, 4) is 0 Å². The average Bonchev–Trinajstić information content (AvgIpc) is 3.24. The van der Waals surface area contributed by atoms with Crippen molar-refractivity contribution in [2.24, 2.45) is 0 Å². The number of hydrogen-bond acceptors (Lipinski definition) is 2. The van der Waals surface area contributed by atoms with Gasteiger partial charge in [0, 0.05) is 23.9 Å². The Morgan fingerprint density at radius 2 is 1.24 bits per heavy atom. The van der Waals surface area contributed by atoms with Crippen LogP contribution >= 0.6 is 0 Å². The fourth-order valence-electron chi connectivity index (χ4n) is 1.72. The molecule has 84 valence electrons. The SMILES string of the molecule is C1CN1.c1ccc2nc3ccccc3cc2c1. The van der Waals surface area contributed by atoms with Crippen LogP contribution in [0.15, 0.2) is 54.6 Å². The summed E-state index contributed by atoms with van der Waals surface area (Å²) in [5, 5.41) is 5.40. The molecule has 2 nitrogen and oxygen atoms in total. The molecular formula is C15H14N2. The summed E-state index contributed by atoms with van der Waals surface area (Å²) in [7, 11) is 0. The van der Waals surface area contributed by atoms with Crippen molar-refractivity contribution in [1.82, 2.24) is 10.3 Å². The number of benzene rings is 2. The van der Waals surface area contributed by atoms with Gasteiger partial charge in [-0.25, -0.2) is 4.98 Å². The number of aromatic nitrogens is 1. The number of fused-ring (bicyclic) bond motifs is 2. The third-order valence-electron chi connectivity index (χ3n) is 2.68. The second-order valence-electron chi connectivity index (χ2n) is 4.12.